The molecular weight excluding hydrogens is 217 g/mol. The summed E-state index contributed by atoms with van der Waals surface area (Å²) in [6, 6.07) is 0. The van der Waals surface area contributed by atoms with Crippen molar-refractivity contribution in [2.45, 2.75) is 6.10 Å². The van der Waals surface area contributed by atoms with E-state index in [4.69, 9.17) is 20.8 Å². The second-order valence-electron chi connectivity index (χ2n) is 2.22. The van der Waals surface area contributed by atoms with Gasteiger partial charge >= 0.3 is 6.80 Å². The first kappa shape index (κ1) is 13.4. The van der Waals surface area contributed by atoms with Crippen molar-refractivity contribution in [1.29, 1.82) is 0 Å². The number of rotatable bonds is 7. The van der Waals surface area contributed by atoms with E-state index in [-0.39, 0.29) is 13.2 Å². The average Bonchev–Trinajstić information content (AvgIpc) is 2.11. The number of hydrogen-bond donors (Lipinski definition) is 4. The van der Waals surface area contributed by atoms with Crippen LogP contribution < -0.4 is 5.73 Å². The Bertz CT molecular complexity index is 180. The van der Waals surface area contributed by atoms with Crippen LogP contribution in [0.2, 0.25) is 0 Å². The van der Waals surface area contributed by atoms with Gasteiger partial charge < -0.3 is 20.8 Å². The predicted octanol–water partition coefficient (Wildman–Crippen LogP) is -0.852. The van der Waals surface area contributed by atoms with Gasteiger partial charge in [0.2, 0.25) is 0 Å². The molecule has 6 nitrogen and oxygen atoms in total. The summed E-state index contributed by atoms with van der Waals surface area (Å²) in [5.41, 5.74) is 5.12. The molecule has 0 spiro atoms. The Balaban J connectivity index is 3.68. The molecule has 0 saturated carbocycles. The van der Waals surface area contributed by atoms with Crippen LogP contribution in [0, 0.1) is 0 Å². The Hall–Kier alpha value is 0.380. The molecule has 0 bridgehead atoms. The third-order valence-electron chi connectivity index (χ3n) is 1.01. The van der Waals surface area contributed by atoms with Crippen molar-refractivity contribution in [1.82, 2.24) is 0 Å². The average molecular weight is 231 g/mol. The van der Waals surface area contributed by atoms with Crippen molar-refractivity contribution in [2.75, 3.05) is 25.5 Å². The van der Waals surface area contributed by atoms with Crippen molar-refractivity contribution in [3.05, 3.63) is 0 Å². The maximum Gasteiger partial charge on any atom is 0.386 e. The lowest BCUT2D eigenvalue weighted by molar-refractivity contribution is 0.0517. The van der Waals surface area contributed by atoms with E-state index in [2.05, 4.69) is 4.52 Å². The fourth-order valence-corrected chi connectivity index (χ4v) is 2.62. The molecule has 2 unspecified atom stereocenters. The first-order valence-corrected chi connectivity index (χ1v) is 6.79. The second-order valence-corrected chi connectivity index (χ2v) is 6.24. The summed E-state index contributed by atoms with van der Waals surface area (Å²) in [4.78, 5) is 9.04. The van der Waals surface area contributed by atoms with Crippen molar-refractivity contribution >= 4 is 18.2 Å². The molecule has 0 aliphatic carbocycles. The topological polar surface area (TPSA) is 113 Å². The van der Waals surface area contributed by atoms with Gasteiger partial charge in [0.1, 0.15) is 6.10 Å². The zero-order valence-electron chi connectivity index (χ0n) is 7.00. The smallest absolute Gasteiger partial charge is 0.386 e. The van der Waals surface area contributed by atoms with Gasteiger partial charge in [0.05, 0.1) is 13.2 Å². The summed E-state index contributed by atoms with van der Waals surface area (Å²) in [5, 5.41) is 17.2. The highest BCUT2D eigenvalue weighted by atomic mass is 32.7. The van der Waals surface area contributed by atoms with Gasteiger partial charge in [0.15, 0.2) is 0 Å². The molecule has 0 saturated heterocycles. The Kier molecular flexibility index (Phi) is 6.98. The fourth-order valence-electron chi connectivity index (χ4n) is 0.438. The summed E-state index contributed by atoms with van der Waals surface area (Å²) >= 11 is 0.702. The maximum absolute atomic E-state index is 11.0. The van der Waals surface area contributed by atoms with Gasteiger partial charge in [-0.1, -0.05) is 0 Å². The summed E-state index contributed by atoms with van der Waals surface area (Å²) in [5.74, 6) is 0.309. The molecule has 0 aromatic carbocycles. The minimum absolute atomic E-state index is 0.279. The summed E-state index contributed by atoms with van der Waals surface area (Å²) in [7, 11) is 0. The normalized spacial score (nSPS) is 18.2. The highest BCUT2D eigenvalue weighted by Crippen LogP contribution is 2.55. The van der Waals surface area contributed by atoms with Crippen LogP contribution in [0.5, 0.6) is 0 Å². The van der Waals surface area contributed by atoms with Gasteiger partial charge in [0.25, 0.3) is 0 Å². The van der Waals surface area contributed by atoms with Gasteiger partial charge in [0, 0.05) is 12.3 Å². The second kappa shape index (κ2) is 6.78. The largest absolute Gasteiger partial charge is 0.394 e. The van der Waals surface area contributed by atoms with E-state index in [1.165, 1.54) is 0 Å². The number of aliphatic hydroxyl groups is 2. The Morgan fingerprint density at radius 3 is 2.69 bits per heavy atom. The molecule has 2 atom stereocenters. The van der Waals surface area contributed by atoms with Gasteiger partial charge in [-0.25, -0.2) is 4.57 Å². The minimum atomic E-state index is -3.71. The van der Waals surface area contributed by atoms with E-state index in [0.717, 1.165) is 0 Å². The first-order valence-electron chi connectivity index (χ1n) is 3.62. The molecule has 80 valence electrons. The minimum Gasteiger partial charge on any atom is -0.394 e. The fraction of sp³-hybridized carbons (Fsp3) is 1.00. The standard InChI is InChI=1S/C5H14NO5PS/c6-1-2-13-12(9,10)11-4-5(8)3-7/h5,7-8H,1-4,6H2,(H,9,10). The quantitative estimate of drug-likeness (QED) is 0.422. The molecule has 8 heteroatoms. The zero-order chi connectivity index (χ0) is 10.3. The number of nitrogens with two attached hydrogens (primary N) is 1. The van der Waals surface area contributed by atoms with Crippen molar-refractivity contribution in [3.63, 3.8) is 0 Å². The van der Waals surface area contributed by atoms with E-state index in [1.54, 1.807) is 0 Å². The summed E-state index contributed by atoms with van der Waals surface area (Å²) in [6.07, 6.45) is -1.13. The Morgan fingerprint density at radius 2 is 2.23 bits per heavy atom. The lowest BCUT2D eigenvalue weighted by Gasteiger charge is -2.12. The lowest BCUT2D eigenvalue weighted by Crippen LogP contribution is -2.18. The lowest BCUT2D eigenvalue weighted by atomic mass is 10.4. The third-order valence-corrected chi connectivity index (χ3v) is 4.08. The molecule has 0 rings (SSSR count). The van der Waals surface area contributed by atoms with Crippen molar-refractivity contribution < 1.29 is 24.2 Å². The van der Waals surface area contributed by atoms with Crippen molar-refractivity contribution in [2.24, 2.45) is 5.73 Å². The first-order chi connectivity index (χ1) is 6.02. The highest BCUT2D eigenvalue weighted by molar-refractivity contribution is 8.54. The van der Waals surface area contributed by atoms with Gasteiger partial charge in [-0.3, -0.25) is 4.52 Å². The molecule has 0 aliphatic rings. The predicted molar refractivity (Wildman–Crippen MR) is 50.4 cm³/mol. The van der Waals surface area contributed by atoms with Crippen LogP contribution in [0.1, 0.15) is 0 Å². The zero-order valence-corrected chi connectivity index (χ0v) is 8.71. The van der Waals surface area contributed by atoms with Crippen LogP contribution in [0.15, 0.2) is 0 Å². The number of hydrogen-bond acceptors (Lipinski definition) is 6. The van der Waals surface area contributed by atoms with Crippen LogP contribution in [-0.2, 0) is 9.09 Å². The summed E-state index contributed by atoms with van der Waals surface area (Å²) in [6.45, 7) is -4.29. The molecule has 0 radical (unpaired) electrons. The number of aliphatic hydroxyl groups excluding tert-OH is 2. The molecular formula is C5H14NO5PS. The van der Waals surface area contributed by atoms with Crippen LogP contribution in [0.3, 0.4) is 0 Å². The van der Waals surface area contributed by atoms with E-state index in [1.807, 2.05) is 0 Å². The highest BCUT2D eigenvalue weighted by Gasteiger charge is 2.20. The van der Waals surface area contributed by atoms with Gasteiger partial charge in [-0.15, -0.1) is 0 Å². The van der Waals surface area contributed by atoms with E-state index >= 15 is 0 Å². The molecule has 0 aliphatic heterocycles. The van der Waals surface area contributed by atoms with E-state index in [9.17, 15) is 4.57 Å². The van der Waals surface area contributed by atoms with E-state index < -0.39 is 19.5 Å². The molecule has 0 aromatic rings. The molecule has 0 amide bonds. The van der Waals surface area contributed by atoms with Crippen molar-refractivity contribution in [3.8, 4) is 0 Å². The summed E-state index contributed by atoms with van der Waals surface area (Å²) < 4.78 is 15.5. The molecule has 0 heterocycles. The monoisotopic (exact) mass is 231 g/mol. The molecule has 13 heavy (non-hydrogen) atoms. The maximum atomic E-state index is 11.0. The Labute approximate surface area is 80.4 Å². The molecule has 0 fully saturated rings. The van der Waals surface area contributed by atoms with Crippen LogP contribution in [-0.4, -0.2) is 46.7 Å². The van der Waals surface area contributed by atoms with Crippen LogP contribution in [0.25, 0.3) is 0 Å². The van der Waals surface area contributed by atoms with Gasteiger partial charge in [-0.05, 0) is 11.4 Å². The third kappa shape index (κ3) is 7.45. The Morgan fingerprint density at radius 1 is 1.62 bits per heavy atom. The van der Waals surface area contributed by atoms with Crippen LogP contribution in [0.4, 0.5) is 0 Å². The molecule has 5 N–H and O–H groups in total. The SMILES string of the molecule is NCCSP(=O)(O)OCC(O)CO. The molecule has 0 aromatic heterocycles. The van der Waals surface area contributed by atoms with Crippen LogP contribution >= 0.6 is 18.2 Å². The van der Waals surface area contributed by atoms with E-state index in [0.29, 0.717) is 17.1 Å². The van der Waals surface area contributed by atoms with Gasteiger partial charge in [-0.2, -0.15) is 0 Å².